The quantitative estimate of drug-likeness (QED) is 0.275. The van der Waals surface area contributed by atoms with Gasteiger partial charge < -0.3 is 18.7 Å². The van der Waals surface area contributed by atoms with Crippen LogP contribution in [0.2, 0.25) is 36.3 Å². The summed E-state index contributed by atoms with van der Waals surface area (Å²) in [6.07, 6.45) is -0.413. The fourth-order valence-corrected chi connectivity index (χ4v) is 6.57. The predicted molar refractivity (Wildman–Crippen MR) is 162 cm³/mol. The number of imide groups is 1. The summed E-state index contributed by atoms with van der Waals surface area (Å²) in [5.41, 5.74) is 1.02. The number of amides is 2. The Morgan fingerprint density at radius 1 is 1.05 bits per heavy atom. The summed E-state index contributed by atoms with van der Waals surface area (Å²) < 4.78 is 18.4. The Kier molecular flexibility index (Phi) is 11.2. The van der Waals surface area contributed by atoms with Gasteiger partial charge in [-0.15, -0.1) is 0 Å². The first-order chi connectivity index (χ1) is 17.8. The summed E-state index contributed by atoms with van der Waals surface area (Å²) in [4.78, 5) is 27.2. The van der Waals surface area contributed by atoms with Crippen molar-refractivity contribution < 1.29 is 28.3 Å². The molecule has 0 saturated carbocycles. The largest absolute Gasteiger partial charge is 0.447 e. The fourth-order valence-electron chi connectivity index (χ4n) is 4.10. The molecule has 0 bridgehead atoms. The minimum atomic E-state index is -2.14. The third kappa shape index (κ3) is 8.98. The second-order valence-corrected chi connectivity index (χ2v) is 23.7. The molecule has 4 atom stereocenters. The molecule has 222 valence electrons. The zero-order chi connectivity index (χ0) is 29.8. The lowest BCUT2D eigenvalue weighted by molar-refractivity contribution is -0.137. The molecule has 2 rings (SSSR count). The number of carbonyl (C=O) groups is 2. The van der Waals surface area contributed by atoms with Crippen molar-refractivity contribution in [2.45, 2.75) is 122 Å². The van der Waals surface area contributed by atoms with Crippen LogP contribution >= 0.6 is 0 Å². The van der Waals surface area contributed by atoms with Gasteiger partial charge in [-0.25, -0.2) is 9.69 Å². The molecule has 0 spiro atoms. The predicted octanol–water partition coefficient (Wildman–Crippen LogP) is 6.77. The highest BCUT2D eigenvalue weighted by Gasteiger charge is 2.44. The normalized spacial score (nSPS) is 19.5. The van der Waals surface area contributed by atoms with E-state index in [1.807, 2.05) is 30.3 Å². The molecule has 0 radical (unpaired) electrons. The summed E-state index contributed by atoms with van der Waals surface area (Å²) in [5.74, 6) is -1.18. The number of rotatable bonds is 12. The Morgan fingerprint density at radius 2 is 1.62 bits per heavy atom. The Hall–Kier alpha value is -1.53. The van der Waals surface area contributed by atoms with Gasteiger partial charge in [-0.05, 0) is 61.1 Å². The molecule has 1 aliphatic rings. The minimum Gasteiger partial charge on any atom is -0.447 e. The standard InChI is InChI=1S/C30H53NO6Si2/c1-22(27(33)31-24(21-35-28(31)34)19-23-15-13-12-14-16-23)26(32)20-25(37-39(10,11)30(5,6)7)17-18-36-38(8,9)29(2,3)4/h12-16,22,24-26,32H,17-21H2,1-11H3/t22-,24-,25-,26+/m1/s1. The number of carbonyl (C=O) groups excluding carboxylic acids is 2. The summed E-state index contributed by atoms with van der Waals surface area (Å²) in [6.45, 7) is 24.5. The Labute approximate surface area is 238 Å². The van der Waals surface area contributed by atoms with E-state index in [1.165, 1.54) is 4.90 Å². The fraction of sp³-hybridized carbons (Fsp3) is 0.733. The van der Waals surface area contributed by atoms with Gasteiger partial charge in [0.25, 0.3) is 0 Å². The van der Waals surface area contributed by atoms with E-state index in [0.717, 1.165) is 5.56 Å². The summed E-state index contributed by atoms with van der Waals surface area (Å²) in [6, 6.07) is 9.35. The van der Waals surface area contributed by atoms with Crippen molar-refractivity contribution in [3.63, 3.8) is 0 Å². The van der Waals surface area contributed by atoms with Crippen LogP contribution in [0, 0.1) is 5.92 Å². The number of ether oxygens (including phenoxy) is 1. The molecular weight excluding hydrogens is 527 g/mol. The Balaban J connectivity index is 2.14. The number of hydrogen-bond acceptors (Lipinski definition) is 6. The second-order valence-electron chi connectivity index (χ2n) is 14.1. The molecule has 7 nitrogen and oxygen atoms in total. The van der Waals surface area contributed by atoms with E-state index in [1.54, 1.807) is 6.92 Å². The van der Waals surface area contributed by atoms with Crippen molar-refractivity contribution >= 4 is 28.6 Å². The average Bonchev–Trinajstić information content (AvgIpc) is 3.16. The highest BCUT2D eigenvalue weighted by molar-refractivity contribution is 6.74. The Bertz CT molecular complexity index is 954. The van der Waals surface area contributed by atoms with E-state index in [0.29, 0.717) is 25.9 Å². The van der Waals surface area contributed by atoms with Gasteiger partial charge in [0.2, 0.25) is 5.91 Å². The second kappa shape index (κ2) is 13.0. The van der Waals surface area contributed by atoms with E-state index in [-0.39, 0.29) is 28.8 Å². The third-order valence-corrected chi connectivity index (χ3v) is 18.0. The first-order valence-corrected chi connectivity index (χ1v) is 20.1. The van der Waals surface area contributed by atoms with Crippen LogP contribution in [0.25, 0.3) is 0 Å². The van der Waals surface area contributed by atoms with E-state index in [9.17, 15) is 14.7 Å². The molecule has 1 aromatic carbocycles. The lowest BCUT2D eigenvalue weighted by atomic mass is 9.95. The van der Waals surface area contributed by atoms with Crippen LogP contribution in [0.3, 0.4) is 0 Å². The van der Waals surface area contributed by atoms with Gasteiger partial charge in [-0.3, -0.25) is 4.79 Å². The van der Waals surface area contributed by atoms with Crippen LogP contribution in [0.4, 0.5) is 4.79 Å². The van der Waals surface area contributed by atoms with E-state index >= 15 is 0 Å². The molecule has 1 aliphatic heterocycles. The molecule has 1 saturated heterocycles. The van der Waals surface area contributed by atoms with Gasteiger partial charge >= 0.3 is 6.09 Å². The zero-order valence-corrected chi connectivity index (χ0v) is 28.2. The van der Waals surface area contributed by atoms with E-state index in [2.05, 4.69) is 67.7 Å². The van der Waals surface area contributed by atoms with Crippen LogP contribution in [0.1, 0.15) is 66.9 Å². The van der Waals surface area contributed by atoms with Gasteiger partial charge in [0.1, 0.15) is 6.61 Å². The molecule has 0 aliphatic carbocycles. The van der Waals surface area contributed by atoms with Crippen molar-refractivity contribution in [3.8, 4) is 0 Å². The zero-order valence-electron chi connectivity index (χ0n) is 26.2. The number of aliphatic hydroxyl groups excluding tert-OH is 1. The lowest BCUT2D eigenvalue weighted by Crippen LogP contribution is -2.48. The lowest BCUT2D eigenvalue weighted by Gasteiger charge is -2.41. The van der Waals surface area contributed by atoms with Gasteiger partial charge in [-0.1, -0.05) is 78.8 Å². The van der Waals surface area contributed by atoms with E-state index in [4.69, 9.17) is 13.6 Å². The molecule has 1 fully saturated rings. The van der Waals surface area contributed by atoms with Crippen molar-refractivity contribution in [3.05, 3.63) is 35.9 Å². The summed E-state index contributed by atoms with van der Waals surface area (Å²) in [7, 11) is -4.08. The summed E-state index contributed by atoms with van der Waals surface area (Å²) >= 11 is 0. The molecule has 1 heterocycles. The van der Waals surface area contributed by atoms with Gasteiger partial charge in [0.05, 0.1) is 18.1 Å². The molecule has 9 heteroatoms. The van der Waals surface area contributed by atoms with Gasteiger partial charge in [-0.2, -0.15) is 0 Å². The number of cyclic esters (lactones) is 1. The van der Waals surface area contributed by atoms with Crippen molar-refractivity contribution in [2.24, 2.45) is 5.92 Å². The molecule has 0 unspecified atom stereocenters. The SMILES string of the molecule is C[C@@H](C(=O)N1C(=O)OC[C@H]1Cc1ccccc1)[C@@H](O)C[C@@H](CCO[Si](C)(C)C(C)(C)C)O[Si](C)(C)C(C)(C)C. The monoisotopic (exact) mass is 579 g/mol. The Morgan fingerprint density at radius 3 is 2.15 bits per heavy atom. The maximum Gasteiger partial charge on any atom is 0.416 e. The van der Waals surface area contributed by atoms with Crippen LogP contribution < -0.4 is 0 Å². The highest BCUT2D eigenvalue weighted by atomic mass is 28.4. The molecular formula is C30H53NO6Si2. The van der Waals surface area contributed by atoms with Crippen LogP contribution in [-0.4, -0.2) is 70.1 Å². The number of aliphatic hydroxyl groups is 1. The van der Waals surface area contributed by atoms with Crippen LogP contribution in [-0.2, 0) is 24.8 Å². The topological polar surface area (TPSA) is 85.3 Å². The first kappa shape index (κ1) is 33.7. The molecule has 39 heavy (non-hydrogen) atoms. The maximum atomic E-state index is 13.5. The van der Waals surface area contributed by atoms with Crippen LogP contribution in [0.15, 0.2) is 30.3 Å². The summed E-state index contributed by atoms with van der Waals surface area (Å²) in [5, 5.41) is 11.4. The van der Waals surface area contributed by atoms with Crippen molar-refractivity contribution in [1.82, 2.24) is 4.90 Å². The third-order valence-electron chi connectivity index (χ3n) is 8.96. The number of hydrogen-bond donors (Lipinski definition) is 1. The van der Waals surface area contributed by atoms with Crippen molar-refractivity contribution in [2.75, 3.05) is 13.2 Å². The smallest absolute Gasteiger partial charge is 0.416 e. The highest BCUT2D eigenvalue weighted by Crippen LogP contribution is 2.39. The molecule has 1 aromatic rings. The van der Waals surface area contributed by atoms with Crippen LogP contribution in [0.5, 0.6) is 0 Å². The number of benzene rings is 1. The van der Waals surface area contributed by atoms with Gasteiger partial charge in [0.15, 0.2) is 16.6 Å². The minimum absolute atomic E-state index is 0.00188. The molecule has 2 amide bonds. The van der Waals surface area contributed by atoms with Gasteiger partial charge in [0, 0.05) is 12.7 Å². The first-order valence-electron chi connectivity index (χ1n) is 14.3. The average molecular weight is 580 g/mol. The number of nitrogens with zero attached hydrogens (tertiary/aromatic N) is 1. The van der Waals surface area contributed by atoms with Crippen molar-refractivity contribution in [1.29, 1.82) is 0 Å². The molecule has 0 aromatic heterocycles. The molecule has 1 N–H and O–H groups in total. The van der Waals surface area contributed by atoms with E-state index < -0.39 is 40.7 Å². The maximum absolute atomic E-state index is 13.5.